The second kappa shape index (κ2) is 5.50. The van der Waals surface area contributed by atoms with E-state index in [9.17, 15) is 17.1 Å². The first-order valence-electron chi connectivity index (χ1n) is 5.76. The molecule has 19 heavy (non-hydrogen) atoms. The number of nitrogens with zero attached hydrogens (tertiary/aromatic N) is 1. The maximum absolute atomic E-state index is 12.6. The first kappa shape index (κ1) is 14.3. The minimum absolute atomic E-state index is 0.0768. The lowest BCUT2D eigenvalue weighted by Gasteiger charge is -2.16. The van der Waals surface area contributed by atoms with Gasteiger partial charge in [0.05, 0.1) is 5.75 Å². The average Bonchev–Trinajstić information content (AvgIpc) is 2.68. The summed E-state index contributed by atoms with van der Waals surface area (Å²) >= 11 is 1.60. The summed E-state index contributed by atoms with van der Waals surface area (Å²) in [5.41, 5.74) is 0.724. The van der Waals surface area contributed by atoms with E-state index in [-0.39, 0.29) is 18.9 Å². The molecule has 2 rings (SSSR count). The number of rotatable bonds is 4. The lowest BCUT2D eigenvalue weighted by atomic mass is 10.1. The summed E-state index contributed by atoms with van der Waals surface area (Å²) in [6.45, 7) is 0.251. The number of hydrogen-bond donors (Lipinski definition) is 0. The van der Waals surface area contributed by atoms with E-state index in [2.05, 4.69) is 0 Å². The fourth-order valence-electron chi connectivity index (χ4n) is 2.19. The molecule has 1 heterocycles. The van der Waals surface area contributed by atoms with Gasteiger partial charge in [0.1, 0.15) is 0 Å². The molecule has 4 nitrogen and oxygen atoms in total. The van der Waals surface area contributed by atoms with Gasteiger partial charge in [-0.05, 0) is 30.5 Å². The summed E-state index contributed by atoms with van der Waals surface area (Å²) in [4.78, 5) is 14.4. The van der Waals surface area contributed by atoms with Crippen LogP contribution in [0.4, 0.5) is 9.57 Å². The number of thioether (sulfide) groups is 1. The van der Waals surface area contributed by atoms with E-state index in [0.29, 0.717) is 0 Å². The predicted molar refractivity (Wildman–Crippen MR) is 73.6 cm³/mol. The topological polar surface area (TPSA) is 54.5 Å². The SMILES string of the molecule is CSc1ccc(N2CC(CS(=O)(=O)F)CC2=O)cc1. The van der Waals surface area contributed by atoms with Gasteiger partial charge in [0.2, 0.25) is 5.91 Å². The molecule has 0 spiro atoms. The van der Waals surface area contributed by atoms with Crippen molar-refractivity contribution in [2.45, 2.75) is 11.3 Å². The second-order valence-corrected chi connectivity index (χ2v) is 6.77. The quantitative estimate of drug-likeness (QED) is 0.631. The molecule has 1 atom stereocenters. The average molecular weight is 303 g/mol. The van der Waals surface area contributed by atoms with Crippen molar-refractivity contribution in [3.63, 3.8) is 0 Å². The summed E-state index contributed by atoms with van der Waals surface area (Å²) in [7, 11) is -4.53. The van der Waals surface area contributed by atoms with Gasteiger partial charge < -0.3 is 4.90 Å². The van der Waals surface area contributed by atoms with E-state index in [4.69, 9.17) is 0 Å². The van der Waals surface area contributed by atoms with Gasteiger partial charge in [-0.1, -0.05) is 0 Å². The molecule has 104 valence electrons. The fourth-order valence-corrected chi connectivity index (χ4v) is 3.38. The Morgan fingerprint density at radius 2 is 2.00 bits per heavy atom. The zero-order chi connectivity index (χ0) is 14.0. The third kappa shape index (κ3) is 3.70. The van der Waals surface area contributed by atoms with Crippen LogP contribution in [0.25, 0.3) is 0 Å². The van der Waals surface area contributed by atoms with Crippen molar-refractivity contribution in [2.75, 3.05) is 23.5 Å². The first-order valence-corrected chi connectivity index (χ1v) is 8.53. The monoisotopic (exact) mass is 303 g/mol. The Bertz CT molecular complexity index is 571. The largest absolute Gasteiger partial charge is 0.312 e. The van der Waals surface area contributed by atoms with E-state index in [1.165, 1.54) is 4.90 Å². The van der Waals surface area contributed by atoms with E-state index in [1.807, 2.05) is 30.5 Å². The first-order chi connectivity index (χ1) is 8.89. The Labute approximate surface area is 116 Å². The summed E-state index contributed by atoms with van der Waals surface area (Å²) in [5.74, 6) is -1.22. The van der Waals surface area contributed by atoms with E-state index in [0.717, 1.165) is 10.6 Å². The summed E-state index contributed by atoms with van der Waals surface area (Å²) in [5, 5.41) is 0. The van der Waals surface area contributed by atoms with Crippen LogP contribution < -0.4 is 4.90 Å². The standard InChI is InChI=1S/C12H14FNO3S2/c1-18-11-4-2-10(3-5-11)14-7-9(6-12(14)15)8-19(13,16)17/h2-5,9H,6-8H2,1H3. The minimum Gasteiger partial charge on any atom is -0.312 e. The van der Waals surface area contributed by atoms with Gasteiger partial charge in [-0.3, -0.25) is 4.79 Å². The molecule has 1 saturated heterocycles. The molecule has 7 heteroatoms. The van der Waals surface area contributed by atoms with Gasteiger partial charge in [0, 0.05) is 29.5 Å². The number of carbonyl (C=O) groups excluding carboxylic acids is 1. The molecule has 0 radical (unpaired) electrons. The zero-order valence-corrected chi connectivity index (χ0v) is 12.0. The molecule has 1 aliphatic rings. The van der Waals surface area contributed by atoms with Crippen LogP contribution in [0.2, 0.25) is 0 Å². The molecular formula is C12H14FNO3S2. The highest BCUT2D eigenvalue weighted by molar-refractivity contribution is 7.98. The smallest absolute Gasteiger partial charge is 0.302 e. The van der Waals surface area contributed by atoms with Gasteiger partial charge >= 0.3 is 10.2 Å². The molecule has 0 bridgehead atoms. The maximum atomic E-state index is 12.6. The van der Waals surface area contributed by atoms with Crippen LogP contribution in [0.5, 0.6) is 0 Å². The van der Waals surface area contributed by atoms with Crippen molar-refractivity contribution in [2.24, 2.45) is 5.92 Å². The van der Waals surface area contributed by atoms with Gasteiger partial charge in [0.25, 0.3) is 0 Å². The highest BCUT2D eigenvalue weighted by Crippen LogP contribution is 2.27. The zero-order valence-electron chi connectivity index (χ0n) is 10.4. The predicted octanol–water partition coefficient (Wildman–Crippen LogP) is 2.06. The van der Waals surface area contributed by atoms with Crippen molar-refractivity contribution in [1.82, 2.24) is 0 Å². The van der Waals surface area contributed by atoms with Crippen LogP contribution in [-0.4, -0.2) is 32.9 Å². The fraction of sp³-hybridized carbons (Fsp3) is 0.417. The Morgan fingerprint density at radius 3 is 2.53 bits per heavy atom. The summed E-state index contributed by atoms with van der Waals surface area (Å²) in [6.07, 6.45) is 2.03. The van der Waals surface area contributed by atoms with Gasteiger partial charge in [-0.25, -0.2) is 0 Å². The van der Waals surface area contributed by atoms with Crippen molar-refractivity contribution < 1.29 is 17.1 Å². The van der Waals surface area contributed by atoms with E-state index in [1.54, 1.807) is 11.8 Å². The molecular weight excluding hydrogens is 289 g/mol. The Kier molecular flexibility index (Phi) is 4.15. The van der Waals surface area contributed by atoms with Crippen molar-refractivity contribution in [3.8, 4) is 0 Å². The van der Waals surface area contributed by atoms with Crippen LogP contribution in [0, 0.1) is 5.92 Å². The van der Waals surface area contributed by atoms with Gasteiger partial charge in [0.15, 0.2) is 0 Å². The number of anilines is 1. The Morgan fingerprint density at radius 1 is 1.37 bits per heavy atom. The molecule has 1 aromatic rings. The van der Waals surface area contributed by atoms with Crippen molar-refractivity contribution in [1.29, 1.82) is 0 Å². The highest BCUT2D eigenvalue weighted by Gasteiger charge is 2.33. The van der Waals surface area contributed by atoms with Crippen molar-refractivity contribution in [3.05, 3.63) is 24.3 Å². The third-order valence-corrected chi connectivity index (χ3v) is 4.64. The number of halogens is 1. The van der Waals surface area contributed by atoms with Gasteiger partial charge in [-0.15, -0.1) is 15.6 Å². The number of carbonyl (C=O) groups is 1. The van der Waals surface area contributed by atoms with E-state index >= 15 is 0 Å². The van der Waals surface area contributed by atoms with E-state index < -0.39 is 21.9 Å². The molecule has 1 unspecified atom stereocenters. The molecule has 1 aliphatic heterocycles. The van der Waals surface area contributed by atoms with Crippen LogP contribution in [0.3, 0.4) is 0 Å². The van der Waals surface area contributed by atoms with Gasteiger partial charge in [-0.2, -0.15) is 8.42 Å². The lowest BCUT2D eigenvalue weighted by molar-refractivity contribution is -0.117. The number of amides is 1. The van der Waals surface area contributed by atoms with Crippen molar-refractivity contribution >= 4 is 33.6 Å². The van der Waals surface area contributed by atoms with Crippen LogP contribution >= 0.6 is 11.8 Å². The molecule has 0 aromatic heterocycles. The minimum atomic E-state index is -4.53. The molecule has 0 saturated carbocycles. The second-order valence-electron chi connectivity index (χ2n) is 4.48. The van der Waals surface area contributed by atoms with Crippen LogP contribution in [0.1, 0.15) is 6.42 Å². The summed E-state index contributed by atoms with van der Waals surface area (Å²) in [6, 6.07) is 7.42. The number of benzene rings is 1. The molecule has 1 fully saturated rings. The molecule has 0 N–H and O–H groups in total. The normalized spacial score (nSPS) is 20.0. The number of hydrogen-bond acceptors (Lipinski definition) is 4. The summed E-state index contributed by atoms with van der Waals surface area (Å²) < 4.78 is 33.9. The molecule has 0 aliphatic carbocycles. The Hall–Kier alpha value is -1.08. The molecule has 1 amide bonds. The van der Waals surface area contributed by atoms with Crippen LogP contribution in [0.15, 0.2) is 29.2 Å². The van der Waals surface area contributed by atoms with Crippen LogP contribution in [-0.2, 0) is 15.0 Å². The third-order valence-electron chi connectivity index (χ3n) is 3.02. The Balaban J connectivity index is 2.11. The highest BCUT2D eigenvalue weighted by atomic mass is 32.3. The maximum Gasteiger partial charge on any atom is 0.302 e. The lowest BCUT2D eigenvalue weighted by Crippen LogP contribution is -2.25. The molecule has 1 aromatic carbocycles.